The largest absolute Gasteiger partial charge is 0.297 e. The molecule has 0 fully saturated rings. The first kappa shape index (κ1) is 14.7. The van der Waals surface area contributed by atoms with Crippen LogP contribution in [0.25, 0.3) is 10.9 Å². The van der Waals surface area contributed by atoms with Crippen molar-refractivity contribution < 1.29 is 13.3 Å². The number of hydrogen-bond donors (Lipinski definition) is 0. The zero-order valence-corrected chi connectivity index (χ0v) is 12.1. The van der Waals surface area contributed by atoms with Crippen LogP contribution in [0.15, 0.2) is 35.4 Å². The number of fused-ring (bicyclic) bond motifs is 1. The maximum absolute atomic E-state index is 12.3. The van der Waals surface area contributed by atoms with Gasteiger partial charge in [-0.2, -0.15) is 0 Å². The van der Waals surface area contributed by atoms with Crippen LogP contribution < -0.4 is 0 Å². The van der Waals surface area contributed by atoms with Crippen molar-refractivity contribution >= 4 is 38.0 Å². The minimum Gasteiger partial charge on any atom is -0.258 e. The smallest absolute Gasteiger partial charge is 0.258 e. The molecule has 0 aliphatic heterocycles. The highest BCUT2D eigenvalue weighted by atomic mass is 35.5. The SMILES string of the molecule is CC(CCl)S(=O)(=O)c1ccc2ncccc2c1[N+](=O)[O-]. The Labute approximate surface area is 120 Å². The zero-order chi connectivity index (χ0) is 14.9. The summed E-state index contributed by atoms with van der Waals surface area (Å²) in [5.74, 6) is -0.134. The van der Waals surface area contributed by atoms with Crippen LogP contribution in [0.4, 0.5) is 5.69 Å². The first-order chi connectivity index (χ1) is 9.39. The molecular formula is C12H11ClN2O4S. The lowest BCUT2D eigenvalue weighted by Crippen LogP contribution is -2.20. The number of hydrogen-bond acceptors (Lipinski definition) is 5. The molecule has 0 saturated heterocycles. The lowest BCUT2D eigenvalue weighted by Gasteiger charge is -2.11. The van der Waals surface area contributed by atoms with Crippen LogP contribution in [0, 0.1) is 10.1 Å². The molecule has 0 bridgehead atoms. The molecule has 0 radical (unpaired) electrons. The second-order valence-electron chi connectivity index (χ2n) is 4.25. The molecule has 1 atom stereocenters. The van der Waals surface area contributed by atoms with Crippen LogP contribution >= 0.6 is 11.6 Å². The van der Waals surface area contributed by atoms with E-state index in [0.717, 1.165) is 0 Å². The van der Waals surface area contributed by atoms with E-state index < -0.39 is 25.7 Å². The second-order valence-corrected chi connectivity index (χ2v) is 6.89. The Morgan fingerprint density at radius 2 is 2.10 bits per heavy atom. The third-order valence-electron chi connectivity index (χ3n) is 2.96. The molecule has 2 rings (SSSR count). The number of rotatable bonds is 4. The summed E-state index contributed by atoms with van der Waals surface area (Å²) in [5.41, 5.74) is -0.0794. The number of nitro benzene ring substituents is 1. The van der Waals surface area contributed by atoms with Gasteiger partial charge in [-0.05, 0) is 31.2 Å². The second kappa shape index (κ2) is 5.34. The maximum atomic E-state index is 12.3. The molecule has 0 saturated carbocycles. The van der Waals surface area contributed by atoms with E-state index in [-0.39, 0.29) is 16.2 Å². The van der Waals surface area contributed by atoms with Crippen molar-refractivity contribution in [1.82, 2.24) is 4.98 Å². The molecule has 0 N–H and O–H groups in total. The first-order valence-corrected chi connectivity index (χ1v) is 7.79. The molecule has 8 heteroatoms. The van der Waals surface area contributed by atoms with Crippen molar-refractivity contribution in [2.24, 2.45) is 0 Å². The average molecular weight is 315 g/mol. The van der Waals surface area contributed by atoms with Gasteiger partial charge in [0, 0.05) is 12.1 Å². The molecule has 106 valence electrons. The summed E-state index contributed by atoms with van der Waals surface area (Å²) in [7, 11) is -3.86. The normalized spacial score (nSPS) is 13.3. The number of pyridine rings is 1. The highest BCUT2D eigenvalue weighted by Crippen LogP contribution is 2.33. The Kier molecular flexibility index (Phi) is 3.92. The Balaban J connectivity index is 2.85. The van der Waals surface area contributed by atoms with E-state index in [0.29, 0.717) is 5.52 Å². The number of nitro groups is 1. The van der Waals surface area contributed by atoms with Crippen LogP contribution in [-0.2, 0) is 9.84 Å². The number of aromatic nitrogens is 1. The van der Waals surface area contributed by atoms with Crippen molar-refractivity contribution in [3.8, 4) is 0 Å². The van der Waals surface area contributed by atoms with Crippen LogP contribution in [0.5, 0.6) is 0 Å². The summed E-state index contributed by atoms with van der Waals surface area (Å²) >= 11 is 5.58. The third kappa shape index (κ3) is 2.34. The Hall–Kier alpha value is -1.73. The van der Waals surface area contributed by atoms with Gasteiger partial charge in [0.1, 0.15) is 4.90 Å². The predicted molar refractivity (Wildman–Crippen MR) is 75.8 cm³/mol. The van der Waals surface area contributed by atoms with Gasteiger partial charge in [-0.15, -0.1) is 11.6 Å². The Morgan fingerprint density at radius 3 is 2.70 bits per heavy atom. The Morgan fingerprint density at radius 1 is 1.40 bits per heavy atom. The highest BCUT2D eigenvalue weighted by molar-refractivity contribution is 7.92. The van der Waals surface area contributed by atoms with Crippen molar-refractivity contribution in [1.29, 1.82) is 0 Å². The zero-order valence-electron chi connectivity index (χ0n) is 10.5. The summed E-state index contributed by atoms with van der Waals surface area (Å²) in [4.78, 5) is 14.2. The highest BCUT2D eigenvalue weighted by Gasteiger charge is 2.32. The number of benzene rings is 1. The summed E-state index contributed by atoms with van der Waals surface area (Å²) in [6, 6.07) is 5.67. The lowest BCUT2D eigenvalue weighted by atomic mass is 10.2. The molecule has 0 spiro atoms. The van der Waals surface area contributed by atoms with E-state index in [4.69, 9.17) is 11.6 Å². The molecule has 0 amide bonds. The van der Waals surface area contributed by atoms with Gasteiger partial charge < -0.3 is 0 Å². The molecule has 1 aromatic heterocycles. The molecule has 2 aromatic rings. The topological polar surface area (TPSA) is 90.2 Å². The molecule has 0 aliphatic carbocycles. The number of sulfone groups is 1. The summed E-state index contributed by atoms with van der Waals surface area (Å²) in [6.07, 6.45) is 1.49. The first-order valence-electron chi connectivity index (χ1n) is 5.71. The van der Waals surface area contributed by atoms with Gasteiger partial charge >= 0.3 is 0 Å². The standard InChI is InChI=1S/C12H11ClN2O4S/c1-8(7-13)20(18,19)11-5-4-10-9(3-2-6-14-10)12(11)15(16)17/h2-6,8H,7H2,1H3. The van der Waals surface area contributed by atoms with Gasteiger partial charge in [-0.25, -0.2) is 8.42 Å². The van der Waals surface area contributed by atoms with Crippen molar-refractivity contribution in [3.05, 3.63) is 40.6 Å². The molecule has 1 aromatic carbocycles. The van der Waals surface area contributed by atoms with Crippen LogP contribution in [0.3, 0.4) is 0 Å². The molecule has 1 heterocycles. The van der Waals surface area contributed by atoms with Gasteiger partial charge in [-0.1, -0.05) is 0 Å². The maximum Gasteiger partial charge on any atom is 0.297 e. The fraction of sp³-hybridized carbons (Fsp3) is 0.250. The van der Waals surface area contributed by atoms with Crippen LogP contribution in [0.1, 0.15) is 6.92 Å². The number of halogens is 1. The fourth-order valence-corrected chi connectivity index (χ4v) is 3.64. The number of nitrogens with zero attached hydrogens (tertiary/aromatic N) is 2. The quantitative estimate of drug-likeness (QED) is 0.491. The summed E-state index contributed by atoms with van der Waals surface area (Å²) < 4.78 is 24.6. The minimum atomic E-state index is -3.86. The van der Waals surface area contributed by atoms with Gasteiger partial charge in [0.15, 0.2) is 9.84 Å². The molecule has 0 aliphatic rings. The van der Waals surface area contributed by atoms with E-state index >= 15 is 0 Å². The van der Waals surface area contributed by atoms with Crippen molar-refractivity contribution in [2.45, 2.75) is 17.1 Å². The Bertz CT molecular complexity index is 776. The predicted octanol–water partition coefficient (Wildman–Crippen LogP) is 2.54. The van der Waals surface area contributed by atoms with E-state index in [9.17, 15) is 18.5 Å². The van der Waals surface area contributed by atoms with E-state index in [1.54, 1.807) is 0 Å². The molecular weight excluding hydrogens is 304 g/mol. The van der Waals surface area contributed by atoms with Crippen LogP contribution in [0.2, 0.25) is 0 Å². The van der Waals surface area contributed by atoms with E-state index in [2.05, 4.69) is 4.98 Å². The fourth-order valence-electron chi connectivity index (χ4n) is 1.83. The molecule has 1 unspecified atom stereocenters. The van der Waals surface area contributed by atoms with E-state index in [1.165, 1.54) is 37.4 Å². The van der Waals surface area contributed by atoms with Gasteiger partial charge in [-0.3, -0.25) is 15.1 Å². The monoisotopic (exact) mass is 314 g/mol. The number of alkyl halides is 1. The van der Waals surface area contributed by atoms with Gasteiger partial charge in [0.05, 0.1) is 21.1 Å². The lowest BCUT2D eigenvalue weighted by molar-refractivity contribution is -0.386. The average Bonchev–Trinajstić information content (AvgIpc) is 2.44. The third-order valence-corrected chi connectivity index (χ3v) is 5.77. The molecule has 6 nitrogen and oxygen atoms in total. The van der Waals surface area contributed by atoms with Crippen molar-refractivity contribution in [2.75, 3.05) is 5.88 Å². The molecule has 20 heavy (non-hydrogen) atoms. The van der Waals surface area contributed by atoms with Crippen LogP contribution in [-0.4, -0.2) is 29.5 Å². The van der Waals surface area contributed by atoms with Gasteiger partial charge in [0.25, 0.3) is 5.69 Å². The summed E-state index contributed by atoms with van der Waals surface area (Å²) in [5, 5.41) is 10.6. The minimum absolute atomic E-state index is 0.134. The van der Waals surface area contributed by atoms with Gasteiger partial charge in [0.2, 0.25) is 0 Å². The summed E-state index contributed by atoms with van der Waals surface area (Å²) in [6.45, 7) is 1.42. The van der Waals surface area contributed by atoms with E-state index in [1.807, 2.05) is 0 Å². The van der Waals surface area contributed by atoms with Crippen molar-refractivity contribution in [3.63, 3.8) is 0 Å².